The Labute approximate surface area is 92.4 Å². The number of pyridine rings is 2. The summed E-state index contributed by atoms with van der Waals surface area (Å²) in [7, 11) is 0. The summed E-state index contributed by atoms with van der Waals surface area (Å²) in [5, 5.41) is 7.81. The van der Waals surface area contributed by atoms with Crippen LogP contribution in [0.2, 0.25) is 0 Å². The largest absolute Gasteiger partial charge is 0.264 e. The lowest BCUT2D eigenvalue weighted by Crippen LogP contribution is -1.86. The van der Waals surface area contributed by atoms with Crippen molar-refractivity contribution in [3.63, 3.8) is 0 Å². The Hall–Kier alpha value is -2.23. The molecule has 0 radical (unpaired) electrons. The maximum absolute atomic E-state index is 4.31. The molecule has 0 atom stereocenters. The number of nitrogens with one attached hydrogen (secondary N) is 1. The van der Waals surface area contributed by atoms with E-state index in [1.807, 2.05) is 18.5 Å². The van der Waals surface area contributed by atoms with Crippen molar-refractivity contribution in [3.8, 4) is 11.1 Å². The topological polar surface area (TPSA) is 54.5 Å². The minimum absolute atomic E-state index is 0.810. The van der Waals surface area contributed by atoms with E-state index >= 15 is 0 Å². The predicted octanol–water partition coefficient (Wildman–Crippen LogP) is 2.33. The zero-order valence-electron chi connectivity index (χ0n) is 8.81. The van der Waals surface area contributed by atoms with Crippen molar-refractivity contribution in [1.82, 2.24) is 20.2 Å². The molecule has 0 aliphatic heterocycles. The predicted molar refractivity (Wildman–Crippen MR) is 61.9 cm³/mol. The van der Waals surface area contributed by atoms with Gasteiger partial charge in [0.05, 0.1) is 6.20 Å². The molecule has 0 unspecified atom stereocenters. The minimum atomic E-state index is 0.810. The average Bonchev–Trinajstić information content (AvgIpc) is 2.76. The van der Waals surface area contributed by atoms with Crippen LogP contribution in [0, 0.1) is 6.92 Å². The van der Waals surface area contributed by atoms with E-state index < -0.39 is 0 Å². The second kappa shape index (κ2) is 3.41. The van der Waals surface area contributed by atoms with Gasteiger partial charge in [-0.1, -0.05) is 0 Å². The van der Waals surface area contributed by atoms with E-state index in [1.54, 1.807) is 12.4 Å². The van der Waals surface area contributed by atoms with Crippen LogP contribution in [0.5, 0.6) is 0 Å². The van der Waals surface area contributed by atoms with Crippen molar-refractivity contribution in [1.29, 1.82) is 0 Å². The molecule has 3 aromatic heterocycles. The zero-order valence-corrected chi connectivity index (χ0v) is 8.81. The van der Waals surface area contributed by atoms with E-state index in [9.17, 15) is 0 Å². The van der Waals surface area contributed by atoms with Gasteiger partial charge in [0.1, 0.15) is 0 Å². The van der Waals surface area contributed by atoms with Gasteiger partial charge in [0.25, 0.3) is 0 Å². The molecule has 3 heterocycles. The molecule has 4 nitrogen and oxygen atoms in total. The van der Waals surface area contributed by atoms with Crippen LogP contribution in [-0.4, -0.2) is 20.2 Å². The van der Waals surface area contributed by atoms with E-state index in [0.29, 0.717) is 0 Å². The number of rotatable bonds is 1. The minimum Gasteiger partial charge on any atom is -0.264 e. The molecule has 16 heavy (non-hydrogen) atoms. The van der Waals surface area contributed by atoms with Crippen molar-refractivity contribution in [2.24, 2.45) is 0 Å². The summed E-state index contributed by atoms with van der Waals surface area (Å²) in [6, 6.07) is 4.06. The van der Waals surface area contributed by atoms with E-state index in [1.165, 1.54) is 5.56 Å². The smallest absolute Gasteiger partial charge is 0.155 e. The van der Waals surface area contributed by atoms with Gasteiger partial charge in [-0.3, -0.25) is 10.1 Å². The Kier molecular flexibility index (Phi) is 1.93. The van der Waals surface area contributed by atoms with Crippen LogP contribution >= 0.6 is 0 Å². The molecule has 3 aromatic rings. The van der Waals surface area contributed by atoms with Crippen molar-refractivity contribution >= 4 is 11.0 Å². The number of nitrogens with zero attached hydrogens (tertiary/aromatic N) is 3. The first-order valence-electron chi connectivity index (χ1n) is 5.05. The highest BCUT2D eigenvalue weighted by atomic mass is 15.1. The van der Waals surface area contributed by atoms with Gasteiger partial charge in [-0.15, -0.1) is 0 Å². The summed E-state index contributed by atoms with van der Waals surface area (Å²) in [6.07, 6.45) is 7.27. The number of hydrogen-bond donors (Lipinski definition) is 1. The molecule has 0 aromatic carbocycles. The lowest BCUT2D eigenvalue weighted by atomic mass is 10.0. The fourth-order valence-corrected chi connectivity index (χ4v) is 1.75. The molecule has 4 heteroatoms. The van der Waals surface area contributed by atoms with Gasteiger partial charge in [-0.05, 0) is 24.6 Å². The van der Waals surface area contributed by atoms with Gasteiger partial charge < -0.3 is 0 Å². The number of H-pyrrole nitrogens is 1. The van der Waals surface area contributed by atoms with Gasteiger partial charge in [0, 0.05) is 35.1 Å². The highest BCUT2D eigenvalue weighted by Crippen LogP contribution is 2.23. The molecular weight excluding hydrogens is 200 g/mol. The van der Waals surface area contributed by atoms with Gasteiger partial charge in [0.15, 0.2) is 5.65 Å². The van der Waals surface area contributed by atoms with Crippen molar-refractivity contribution < 1.29 is 0 Å². The molecule has 0 bridgehead atoms. The highest BCUT2D eigenvalue weighted by Gasteiger charge is 2.04. The van der Waals surface area contributed by atoms with Crippen molar-refractivity contribution in [3.05, 3.63) is 42.5 Å². The first kappa shape index (κ1) is 9.03. The van der Waals surface area contributed by atoms with E-state index in [0.717, 1.165) is 22.2 Å². The van der Waals surface area contributed by atoms with Gasteiger partial charge in [-0.2, -0.15) is 5.10 Å². The summed E-state index contributed by atoms with van der Waals surface area (Å²) in [5.41, 5.74) is 4.18. The van der Waals surface area contributed by atoms with Crippen LogP contribution in [0.15, 0.2) is 36.9 Å². The number of aromatic amines is 1. The molecule has 1 N–H and O–H groups in total. The number of fused-ring (bicyclic) bond motifs is 1. The number of aryl methyl sites for hydroxylation is 1. The molecule has 0 fully saturated rings. The monoisotopic (exact) mass is 210 g/mol. The summed E-state index contributed by atoms with van der Waals surface area (Å²) in [5.74, 6) is 0. The Balaban J connectivity index is 2.22. The maximum Gasteiger partial charge on any atom is 0.155 e. The standard InChI is InChI=1S/C12H10N4/c1-8-2-3-13-7-11(8)9-4-10-6-15-16-12(10)14-5-9/h2-7H,1H3,(H,14,15,16). The third-order valence-corrected chi connectivity index (χ3v) is 2.64. The molecule has 0 saturated carbocycles. The average molecular weight is 210 g/mol. The van der Waals surface area contributed by atoms with E-state index in [2.05, 4.69) is 33.2 Å². The second-order valence-corrected chi connectivity index (χ2v) is 3.72. The molecule has 0 saturated heterocycles. The van der Waals surface area contributed by atoms with E-state index in [4.69, 9.17) is 0 Å². The van der Waals surface area contributed by atoms with Crippen LogP contribution in [-0.2, 0) is 0 Å². The van der Waals surface area contributed by atoms with E-state index in [-0.39, 0.29) is 0 Å². The first-order valence-corrected chi connectivity index (χ1v) is 5.05. The first-order chi connectivity index (χ1) is 7.84. The Bertz CT molecular complexity index is 642. The Morgan fingerprint density at radius 3 is 3.00 bits per heavy atom. The van der Waals surface area contributed by atoms with Gasteiger partial charge >= 0.3 is 0 Å². The molecule has 0 amide bonds. The lowest BCUT2D eigenvalue weighted by Gasteiger charge is -2.03. The summed E-state index contributed by atoms with van der Waals surface area (Å²) < 4.78 is 0. The zero-order chi connectivity index (χ0) is 11.0. The fourth-order valence-electron chi connectivity index (χ4n) is 1.75. The normalized spacial score (nSPS) is 10.8. The number of aromatic nitrogens is 4. The van der Waals surface area contributed by atoms with Gasteiger partial charge in [-0.25, -0.2) is 4.98 Å². The fraction of sp³-hybridized carbons (Fsp3) is 0.0833. The maximum atomic E-state index is 4.31. The summed E-state index contributed by atoms with van der Waals surface area (Å²) in [4.78, 5) is 8.45. The van der Waals surface area contributed by atoms with Crippen LogP contribution < -0.4 is 0 Å². The molecule has 0 aliphatic rings. The third kappa shape index (κ3) is 1.35. The van der Waals surface area contributed by atoms with Gasteiger partial charge in [0.2, 0.25) is 0 Å². The summed E-state index contributed by atoms with van der Waals surface area (Å²) in [6.45, 7) is 2.07. The SMILES string of the molecule is Cc1ccncc1-c1cnc2[nH]ncc2c1. The second-order valence-electron chi connectivity index (χ2n) is 3.72. The number of hydrogen-bond acceptors (Lipinski definition) is 3. The molecule has 78 valence electrons. The highest BCUT2D eigenvalue weighted by molar-refractivity contribution is 5.80. The van der Waals surface area contributed by atoms with Crippen molar-refractivity contribution in [2.45, 2.75) is 6.92 Å². The Morgan fingerprint density at radius 1 is 1.19 bits per heavy atom. The molecule has 0 spiro atoms. The van der Waals surface area contributed by atoms with Crippen LogP contribution in [0.25, 0.3) is 22.2 Å². The quantitative estimate of drug-likeness (QED) is 0.670. The molecular formula is C12H10N4. The lowest BCUT2D eigenvalue weighted by molar-refractivity contribution is 1.10. The van der Waals surface area contributed by atoms with Crippen LogP contribution in [0.4, 0.5) is 0 Å². The Morgan fingerprint density at radius 2 is 2.12 bits per heavy atom. The molecule has 0 aliphatic carbocycles. The van der Waals surface area contributed by atoms with Crippen LogP contribution in [0.3, 0.4) is 0 Å². The summed E-state index contributed by atoms with van der Waals surface area (Å²) >= 11 is 0. The van der Waals surface area contributed by atoms with Crippen LogP contribution in [0.1, 0.15) is 5.56 Å². The van der Waals surface area contributed by atoms with Crippen molar-refractivity contribution in [2.75, 3.05) is 0 Å². The molecule has 3 rings (SSSR count). The third-order valence-electron chi connectivity index (χ3n) is 2.64.